The summed E-state index contributed by atoms with van der Waals surface area (Å²) in [5, 5.41) is 0. The van der Waals surface area contributed by atoms with Gasteiger partial charge in [-0.1, -0.05) is 6.07 Å². The van der Waals surface area contributed by atoms with Gasteiger partial charge in [0, 0.05) is 30.1 Å². The molecule has 0 saturated heterocycles. The second-order valence-corrected chi connectivity index (χ2v) is 5.22. The topological polar surface area (TPSA) is 46.3 Å². The third-order valence-corrected chi connectivity index (χ3v) is 3.72. The summed E-state index contributed by atoms with van der Waals surface area (Å²) < 4.78 is 0. The highest BCUT2D eigenvalue weighted by Gasteiger charge is 2.22. The number of nitrogens with zero attached hydrogens (tertiary/aromatic N) is 1. The number of nitrogens with two attached hydrogens (primary N) is 1. The summed E-state index contributed by atoms with van der Waals surface area (Å²) in [4.78, 5) is 14.0. The number of halogens is 1. The van der Waals surface area contributed by atoms with Gasteiger partial charge in [0.25, 0.3) is 0 Å². The minimum Gasteiger partial charge on any atom is -0.398 e. The largest absolute Gasteiger partial charge is 0.398 e. The number of anilines is 2. The molecule has 0 spiro atoms. The molecule has 0 saturated carbocycles. The zero-order valence-electron chi connectivity index (χ0n) is 10.5. The maximum atomic E-state index is 12.1. The second-order valence-electron chi connectivity index (χ2n) is 4.24. The molecule has 1 aliphatic rings. The van der Waals surface area contributed by atoms with Gasteiger partial charge in [0.15, 0.2) is 0 Å². The van der Waals surface area contributed by atoms with Crippen LogP contribution in [-0.4, -0.2) is 24.5 Å². The Morgan fingerprint density at radius 3 is 3.00 bits per heavy atom. The lowest BCUT2D eigenvalue weighted by molar-refractivity contribution is -0.118. The number of fused-ring (bicyclic) bond motifs is 1. The van der Waals surface area contributed by atoms with E-state index in [4.69, 9.17) is 5.73 Å². The number of carbonyl (C=O) groups excluding carboxylic acids is 1. The fraction of sp³-hybridized carbons (Fsp3) is 0.462. The number of rotatable bonds is 3. The molecule has 3 nitrogen and oxygen atoms in total. The van der Waals surface area contributed by atoms with Crippen LogP contribution in [0.4, 0.5) is 11.4 Å². The van der Waals surface area contributed by atoms with Crippen molar-refractivity contribution < 1.29 is 4.79 Å². The Kier molecular flexibility index (Phi) is 5.82. The van der Waals surface area contributed by atoms with Crippen molar-refractivity contribution in [2.75, 3.05) is 29.2 Å². The van der Waals surface area contributed by atoms with Crippen LogP contribution in [0.3, 0.4) is 0 Å². The van der Waals surface area contributed by atoms with Gasteiger partial charge < -0.3 is 10.6 Å². The molecule has 0 radical (unpaired) electrons. The van der Waals surface area contributed by atoms with Crippen LogP contribution in [0.2, 0.25) is 0 Å². The number of hydrogen-bond donors (Lipinski definition) is 1. The van der Waals surface area contributed by atoms with Crippen LogP contribution in [0, 0.1) is 0 Å². The number of thioether (sulfide) groups is 1. The van der Waals surface area contributed by atoms with Gasteiger partial charge in [0.05, 0.1) is 0 Å². The van der Waals surface area contributed by atoms with Crippen LogP contribution < -0.4 is 10.6 Å². The molecule has 100 valence electrons. The van der Waals surface area contributed by atoms with Crippen molar-refractivity contribution in [3.63, 3.8) is 0 Å². The van der Waals surface area contributed by atoms with Crippen LogP contribution in [0.25, 0.3) is 0 Å². The Bertz CT molecular complexity index is 425. The maximum Gasteiger partial charge on any atom is 0.227 e. The van der Waals surface area contributed by atoms with E-state index in [1.807, 2.05) is 29.4 Å². The first-order valence-electron chi connectivity index (χ1n) is 5.90. The van der Waals surface area contributed by atoms with Crippen molar-refractivity contribution in [1.82, 2.24) is 0 Å². The van der Waals surface area contributed by atoms with Crippen molar-refractivity contribution >= 4 is 41.5 Å². The molecule has 1 amide bonds. The van der Waals surface area contributed by atoms with Crippen LogP contribution in [0.5, 0.6) is 0 Å². The predicted octanol–water partition coefficient (Wildman–Crippen LogP) is 2.72. The van der Waals surface area contributed by atoms with E-state index in [-0.39, 0.29) is 18.3 Å². The van der Waals surface area contributed by atoms with Crippen molar-refractivity contribution in [3.05, 3.63) is 23.8 Å². The van der Waals surface area contributed by atoms with Gasteiger partial charge in [-0.3, -0.25) is 4.79 Å². The van der Waals surface area contributed by atoms with E-state index in [2.05, 4.69) is 0 Å². The van der Waals surface area contributed by atoms with E-state index < -0.39 is 0 Å². The molecule has 0 unspecified atom stereocenters. The summed E-state index contributed by atoms with van der Waals surface area (Å²) >= 11 is 1.71. The number of hydrogen-bond acceptors (Lipinski definition) is 3. The van der Waals surface area contributed by atoms with E-state index in [0.717, 1.165) is 42.1 Å². The Labute approximate surface area is 119 Å². The molecule has 0 aliphatic carbocycles. The van der Waals surface area contributed by atoms with Gasteiger partial charge in [-0.2, -0.15) is 11.8 Å². The zero-order chi connectivity index (χ0) is 12.3. The van der Waals surface area contributed by atoms with E-state index in [9.17, 15) is 4.79 Å². The summed E-state index contributed by atoms with van der Waals surface area (Å²) in [7, 11) is 0. The fourth-order valence-corrected chi connectivity index (χ4v) is 2.61. The predicted molar refractivity (Wildman–Crippen MR) is 81.8 cm³/mol. The van der Waals surface area contributed by atoms with Crippen molar-refractivity contribution in [2.24, 2.45) is 0 Å². The molecular weight excluding hydrogens is 268 g/mol. The highest BCUT2D eigenvalue weighted by Crippen LogP contribution is 2.31. The Hall–Kier alpha value is -0.870. The highest BCUT2D eigenvalue weighted by atomic mass is 35.5. The first kappa shape index (κ1) is 15.2. The number of amides is 1. The van der Waals surface area contributed by atoms with Crippen LogP contribution in [0.1, 0.15) is 18.4 Å². The summed E-state index contributed by atoms with van der Waals surface area (Å²) in [5.74, 6) is 1.10. The van der Waals surface area contributed by atoms with Crippen LogP contribution >= 0.6 is 24.2 Å². The van der Waals surface area contributed by atoms with Crippen molar-refractivity contribution in [2.45, 2.75) is 19.3 Å². The number of carbonyl (C=O) groups is 1. The standard InChI is InChI=1S/C13H18N2OS.ClH/c1-17-9-7-13(16)15-8-3-4-10-11(14)5-2-6-12(10)15;/h2,5-6H,3-4,7-9,14H2,1H3;1H. The Morgan fingerprint density at radius 1 is 1.50 bits per heavy atom. The molecule has 0 bridgehead atoms. The zero-order valence-corrected chi connectivity index (χ0v) is 12.1. The van der Waals surface area contributed by atoms with E-state index in [1.165, 1.54) is 0 Å². The average molecular weight is 287 g/mol. The highest BCUT2D eigenvalue weighted by molar-refractivity contribution is 7.98. The third kappa shape index (κ3) is 3.12. The number of benzene rings is 1. The molecular formula is C13H19ClN2OS. The minimum atomic E-state index is 0. The monoisotopic (exact) mass is 286 g/mol. The van der Waals surface area contributed by atoms with Gasteiger partial charge in [-0.05, 0) is 36.8 Å². The van der Waals surface area contributed by atoms with Crippen molar-refractivity contribution in [3.8, 4) is 0 Å². The van der Waals surface area contributed by atoms with Gasteiger partial charge in [-0.15, -0.1) is 12.4 Å². The molecule has 1 aliphatic heterocycles. The Morgan fingerprint density at radius 2 is 2.28 bits per heavy atom. The molecule has 0 atom stereocenters. The normalized spacial score (nSPS) is 13.7. The molecule has 1 aromatic carbocycles. The molecule has 1 heterocycles. The van der Waals surface area contributed by atoms with Gasteiger partial charge in [0.1, 0.15) is 0 Å². The molecule has 0 aromatic heterocycles. The minimum absolute atomic E-state index is 0. The van der Waals surface area contributed by atoms with E-state index in [0.29, 0.717) is 6.42 Å². The summed E-state index contributed by atoms with van der Waals surface area (Å²) in [6, 6.07) is 5.84. The van der Waals surface area contributed by atoms with Crippen molar-refractivity contribution in [1.29, 1.82) is 0 Å². The van der Waals surface area contributed by atoms with Gasteiger partial charge in [-0.25, -0.2) is 0 Å². The fourth-order valence-electron chi connectivity index (χ4n) is 2.24. The Balaban J connectivity index is 0.00000162. The molecule has 18 heavy (non-hydrogen) atoms. The van der Waals surface area contributed by atoms with Gasteiger partial charge >= 0.3 is 0 Å². The molecule has 0 fully saturated rings. The average Bonchev–Trinajstić information content (AvgIpc) is 2.36. The summed E-state index contributed by atoms with van der Waals surface area (Å²) in [6.45, 7) is 0.823. The quantitative estimate of drug-likeness (QED) is 0.869. The molecule has 5 heteroatoms. The molecule has 2 N–H and O–H groups in total. The van der Waals surface area contributed by atoms with E-state index >= 15 is 0 Å². The van der Waals surface area contributed by atoms with Crippen LogP contribution in [0.15, 0.2) is 18.2 Å². The first-order valence-corrected chi connectivity index (χ1v) is 7.30. The molecule has 2 rings (SSSR count). The van der Waals surface area contributed by atoms with E-state index in [1.54, 1.807) is 11.8 Å². The lowest BCUT2D eigenvalue weighted by atomic mass is 9.99. The number of nitrogen functional groups attached to an aromatic ring is 1. The maximum absolute atomic E-state index is 12.1. The molecule has 1 aromatic rings. The SMILES string of the molecule is CSCCC(=O)N1CCCc2c(N)cccc21.Cl. The second kappa shape index (κ2) is 6.90. The third-order valence-electron chi connectivity index (χ3n) is 3.11. The summed E-state index contributed by atoms with van der Waals surface area (Å²) in [6.07, 6.45) is 4.62. The van der Waals surface area contributed by atoms with Crippen LogP contribution in [-0.2, 0) is 11.2 Å². The first-order chi connectivity index (χ1) is 8.24. The smallest absolute Gasteiger partial charge is 0.227 e. The lowest BCUT2D eigenvalue weighted by Gasteiger charge is -2.30. The van der Waals surface area contributed by atoms with Gasteiger partial charge in [0.2, 0.25) is 5.91 Å². The lowest BCUT2D eigenvalue weighted by Crippen LogP contribution is -2.35. The summed E-state index contributed by atoms with van der Waals surface area (Å²) in [5.41, 5.74) is 8.92.